The summed E-state index contributed by atoms with van der Waals surface area (Å²) in [6, 6.07) is 5.52. The molecule has 0 saturated heterocycles. The van der Waals surface area contributed by atoms with Gasteiger partial charge in [0.25, 0.3) is 0 Å². The average molecular weight is 247 g/mol. The Hall–Kier alpha value is -2.17. The zero-order chi connectivity index (χ0) is 13.3. The number of nitrogens with two attached hydrogens (primary N) is 1. The van der Waals surface area contributed by atoms with Gasteiger partial charge in [-0.05, 0) is 6.07 Å². The van der Waals surface area contributed by atoms with Crippen LogP contribution in [-0.4, -0.2) is 33.3 Å². The summed E-state index contributed by atoms with van der Waals surface area (Å²) in [6.45, 7) is 0. The van der Waals surface area contributed by atoms with Crippen LogP contribution in [0.15, 0.2) is 18.2 Å². The number of nitrogens with zero attached hydrogens (tertiary/aromatic N) is 2. The van der Waals surface area contributed by atoms with E-state index in [4.69, 9.17) is 15.2 Å². The summed E-state index contributed by atoms with van der Waals surface area (Å²) in [5.74, 6) is 2.11. The van der Waals surface area contributed by atoms with Crippen LogP contribution >= 0.6 is 0 Å². The molecule has 5 heteroatoms. The molecule has 0 aliphatic heterocycles. The second kappa shape index (κ2) is 4.60. The van der Waals surface area contributed by atoms with Gasteiger partial charge in [0.15, 0.2) is 11.5 Å². The van der Waals surface area contributed by atoms with Gasteiger partial charge in [0.2, 0.25) is 0 Å². The fourth-order valence-electron chi connectivity index (χ4n) is 1.79. The monoisotopic (exact) mass is 247 g/mol. The smallest absolute Gasteiger partial charge is 0.162 e. The molecule has 2 aromatic rings. The van der Waals surface area contributed by atoms with Gasteiger partial charge in [0.05, 0.1) is 19.7 Å². The van der Waals surface area contributed by atoms with Crippen LogP contribution in [0.3, 0.4) is 0 Å². The number of anilines is 2. The number of fused-ring (bicyclic) bond motifs is 1. The number of benzene rings is 1. The molecule has 0 atom stereocenters. The fraction of sp³-hybridized carbons (Fsp3) is 0.308. The molecule has 0 bridgehead atoms. The fourth-order valence-corrected chi connectivity index (χ4v) is 1.79. The van der Waals surface area contributed by atoms with Crippen LogP contribution < -0.4 is 20.1 Å². The Labute approximate surface area is 106 Å². The Bertz CT molecular complexity index is 582. The number of aromatic nitrogens is 1. The van der Waals surface area contributed by atoms with E-state index in [-0.39, 0.29) is 0 Å². The molecular weight excluding hydrogens is 230 g/mol. The third-order valence-electron chi connectivity index (χ3n) is 2.79. The van der Waals surface area contributed by atoms with E-state index in [1.807, 2.05) is 37.2 Å². The van der Waals surface area contributed by atoms with Crippen molar-refractivity contribution in [3.05, 3.63) is 18.2 Å². The van der Waals surface area contributed by atoms with E-state index in [0.717, 1.165) is 16.7 Å². The van der Waals surface area contributed by atoms with Crippen LogP contribution in [0.4, 0.5) is 11.5 Å². The molecule has 0 aliphatic carbocycles. The largest absolute Gasteiger partial charge is 0.493 e. The second-order valence-electron chi connectivity index (χ2n) is 4.19. The summed E-state index contributed by atoms with van der Waals surface area (Å²) in [4.78, 5) is 6.44. The molecule has 0 radical (unpaired) electrons. The van der Waals surface area contributed by atoms with Crippen LogP contribution in [-0.2, 0) is 0 Å². The molecule has 96 valence electrons. The molecule has 18 heavy (non-hydrogen) atoms. The highest BCUT2D eigenvalue weighted by Crippen LogP contribution is 2.34. The lowest BCUT2D eigenvalue weighted by Crippen LogP contribution is -2.11. The van der Waals surface area contributed by atoms with Crippen molar-refractivity contribution < 1.29 is 9.47 Å². The molecule has 0 amide bonds. The summed E-state index contributed by atoms with van der Waals surface area (Å²) in [6.07, 6.45) is 0. The highest BCUT2D eigenvalue weighted by molar-refractivity contribution is 5.94. The first kappa shape index (κ1) is 12.3. The maximum Gasteiger partial charge on any atom is 0.162 e. The Morgan fingerprint density at radius 1 is 1.06 bits per heavy atom. The normalized spacial score (nSPS) is 10.4. The van der Waals surface area contributed by atoms with Crippen LogP contribution in [0.2, 0.25) is 0 Å². The minimum atomic E-state index is 0.646. The van der Waals surface area contributed by atoms with Crippen LogP contribution in [0, 0.1) is 0 Å². The predicted octanol–water partition coefficient (Wildman–Crippen LogP) is 1.90. The van der Waals surface area contributed by atoms with Crippen molar-refractivity contribution in [2.45, 2.75) is 0 Å². The molecule has 0 aliphatic rings. The van der Waals surface area contributed by atoms with Gasteiger partial charge in [-0.3, -0.25) is 0 Å². The highest BCUT2D eigenvalue weighted by Gasteiger charge is 2.11. The molecule has 0 saturated carbocycles. The van der Waals surface area contributed by atoms with Crippen molar-refractivity contribution in [3.8, 4) is 11.5 Å². The Morgan fingerprint density at radius 3 is 2.22 bits per heavy atom. The maximum absolute atomic E-state index is 6.05. The summed E-state index contributed by atoms with van der Waals surface area (Å²) in [7, 11) is 7.05. The van der Waals surface area contributed by atoms with E-state index in [2.05, 4.69) is 4.98 Å². The van der Waals surface area contributed by atoms with Gasteiger partial charge in [-0.1, -0.05) is 0 Å². The van der Waals surface area contributed by atoms with Crippen molar-refractivity contribution in [1.29, 1.82) is 0 Å². The molecule has 0 unspecified atom stereocenters. The number of nitrogen functional groups attached to an aromatic ring is 1. The van der Waals surface area contributed by atoms with E-state index < -0.39 is 0 Å². The van der Waals surface area contributed by atoms with Crippen molar-refractivity contribution >= 4 is 22.4 Å². The molecule has 0 fully saturated rings. The number of hydrogen-bond acceptors (Lipinski definition) is 5. The van der Waals surface area contributed by atoms with Gasteiger partial charge >= 0.3 is 0 Å². The molecular formula is C13H17N3O2. The highest BCUT2D eigenvalue weighted by atomic mass is 16.5. The van der Waals surface area contributed by atoms with Crippen molar-refractivity contribution in [3.63, 3.8) is 0 Å². The standard InChI is InChI=1S/C13H17N3O2/c1-16(2)13-6-9(14)8-5-11(17-3)12(18-4)7-10(8)15-13/h5-7H,1-4H3,(H2,14,15). The van der Waals surface area contributed by atoms with Gasteiger partial charge in [-0.15, -0.1) is 0 Å². The maximum atomic E-state index is 6.05. The van der Waals surface area contributed by atoms with E-state index >= 15 is 0 Å². The first-order chi connectivity index (χ1) is 8.56. The number of rotatable bonds is 3. The van der Waals surface area contributed by atoms with E-state index in [1.165, 1.54) is 0 Å². The molecule has 2 rings (SSSR count). The summed E-state index contributed by atoms with van der Waals surface area (Å²) in [5.41, 5.74) is 7.51. The zero-order valence-corrected chi connectivity index (χ0v) is 11.0. The third kappa shape index (κ3) is 1.99. The first-order valence-corrected chi connectivity index (χ1v) is 5.56. The van der Waals surface area contributed by atoms with E-state index in [9.17, 15) is 0 Å². The van der Waals surface area contributed by atoms with Crippen molar-refractivity contribution in [2.24, 2.45) is 0 Å². The van der Waals surface area contributed by atoms with Crippen LogP contribution in [0.5, 0.6) is 11.5 Å². The Kier molecular flexibility index (Phi) is 3.14. The van der Waals surface area contributed by atoms with Crippen LogP contribution in [0.25, 0.3) is 10.9 Å². The van der Waals surface area contributed by atoms with Gasteiger partial charge in [-0.2, -0.15) is 0 Å². The van der Waals surface area contributed by atoms with E-state index in [1.54, 1.807) is 14.2 Å². The topological polar surface area (TPSA) is 60.6 Å². The summed E-state index contributed by atoms with van der Waals surface area (Å²) >= 11 is 0. The lowest BCUT2D eigenvalue weighted by molar-refractivity contribution is 0.356. The van der Waals surface area contributed by atoms with Crippen LogP contribution in [0.1, 0.15) is 0 Å². The van der Waals surface area contributed by atoms with Gasteiger partial charge in [0, 0.05) is 37.3 Å². The molecule has 1 heterocycles. The molecule has 2 N–H and O–H groups in total. The Morgan fingerprint density at radius 2 is 1.67 bits per heavy atom. The molecule has 1 aromatic heterocycles. The minimum absolute atomic E-state index is 0.646. The number of methoxy groups -OCH3 is 2. The van der Waals surface area contributed by atoms with E-state index in [0.29, 0.717) is 17.2 Å². The zero-order valence-electron chi connectivity index (χ0n) is 11.0. The van der Waals surface area contributed by atoms with Crippen molar-refractivity contribution in [2.75, 3.05) is 38.9 Å². The quantitative estimate of drug-likeness (QED) is 0.897. The summed E-state index contributed by atoms with van der Waals surface area (Å²) < 4.78 is 10.5. The number of hydrogen-bond donors (Lipinski definition) is 1. The predicted molar refractivity (Wildman–Crippen MR) is 73.6 cm³/mol. The number of ether oxygens (including phenoxy) is 2. The number of pyridine rings is 1. The molecule has 5 nitrogen and oxygen atoms in total. The molecule has 1 aromatic carbocycles. The third-order valence-corrected chi connectivity index (χ3v) is 2.79. The van der Waals surface area contributed by atoms with Gasteiger partial charge in [-0.25, -0.2) is 4.98 Å². The Balaban J connectivity index is 2.72. The average Bonchev–Trinajstić information content (AvgIpc) is 2.36. The summed E-state index contributed by atoms with van der Waals surface area (Å²) in [5, 5.41) is 0.859. The lowest BCUT2D eigenvalue weighted by atomic mass is 10.1. The SMILES string of the molecule is COc1cc2nc(N(C)C)cc(N)c2cc1OC. The van der Waals surface area contributed by atoms with Gasteiger partial charge < -0.3 is 20.1 Å². The second-order valence-corrected chi connectivity index (χ2v) is 4.19. The lowest BCUT2D eigenvalue weighted by Gasteiger charge is -2.15. The first-order valence-electron chi connectivity index (χ1n) is 5.56. The van der Waals surface area contributed by atoms with Gasteiger partial charge in [0.1, 0.15) is 5.82 Å². The molecule has 0 spiro atoms. The van der Waals surface area contributed by atoms with Crippen molar-refractivity contribution in [1.82, 2.24) is 4.98 Å². The minimum Gasteiger partial charge on any atom is -0.493 e.